The zero-order valence-electron chi connectivity index (χ0n) is 25.9. The van der Waals surface area contributed by atoms with Gasteiger partial charge in [0.15, 0.2) is 5.78 Å². The molecule has 2 N–H and O–H groups in total. The molecule has 45 heavy (non-hydrogen) atoms. The number of amides is 1. The van der Waals surface area contributed by atoms with Crippen molar-refractivity contribution >= 4 is 17.4 Å². The van der Waals surface area contributed by atoms with Crippen LogP contribution in [0.3, 0.4) is 0 Å². The normalized spacial score (nSPS) is 40.9. The van der Waals surface area contributed by atoms with Crippen LogP contribution >= 0.6 is 0 Å². The number of carbonyl (C=O) groups excluding carboxylic acids is 2. The van der Waals surface area contributed by atoms with Crippen LogP contribution in [0, 0.1) is 17.8 Å². The Kier molecular flexibility index (Phi) is 8.40. The van der Waals surface area contributed by atoms with E-state index in [0.717, 1.165) is 58.5 Å². The lowest BCUT2D eigenvalue weighted by atomic mass is 9.67. The van der Waals surface area contributed by atoms with Crippen LogP contribution in [0.1, 0.15) is 51.4 Å². The van der Waals surface area contributed by atoms with Gasteiger partial charge in [-0.05, 0) is 75.6 Å². The van der Waals surface area contributed by atoms with Gasteiger partial charge in [0.2, 0.25) is 0 Å². The number of anilines is 1. The van der Waals surface area contributed by atoms with Crippen molar-refractivity contribution in [2.75, 3.05) is 44.7 Å². The van der Waals surface area contributed by atoms with Gasteiger partial charge in [-0.15, -0.1) is 0 Å². The summed E-state index contributed by atoms with van der Waals surface area (Å²) in [6.07, 6.45) is 11.1. The van der Waals surface area contributed by atoms with Crippen LogP contribution in [-0.4, -0.2) is 115 Å². The minimum absolute atomic E-state index is 0.0230. The minimum Gasteiger partial charge on any atom is -0.379 e. The fourth-order valence-corrected chi connectivity index (χ4v) is 9.66. The van der Waals surface area contributed by atoms with Crippen molar-refractivity contribution in [1.82, 2.24) is 20.1 Å². The van der Waals surface area contributed by atoms with Crippen molar-refractivity contribution in [3.63, 3.8) is 0 Å². The minimum atomic E-state index is -1.25. The molecule has 3 aliphatic carbocycles. The molecule has 3 saturated heterocycles. The predicted molar refractivity (Wildman–Crippen MR) is 164 cm³/mol. The van der Waals surface area contributed by atoms with E-state index in [0.29, 0.717) is 30.2 Å². The fraction of sp³-hybridized carbons (Fsp3) is 0.735. The third-order valence-electron chi connectivity index (χ3n) is 11.8. The van der Waals surface area contributed by atoms with Crippen LogP contribution in [0.4, 0.5) is 10.1 Å². The van der Waals surface area contributed by atoms with E-state index in [-0.39, 0.29) is 42.1 Å². The Labute approximate surface area is 264 Å². The summed E-state index contributed by atoms with van der Waals surface area (Å²) in [7, 11) is 0. The summed E-state index contributed by atoms with van der Waals surface area (Å²) in [5, 5.41) is 6.41. The number of nitrogens with zero attached hydrogens (tertiary/aromatic N) is 3. The summed E-state index contributed by atoms with van der Waals surface area (Å²) in [6, 6.07) is 2.54. The molecule has 0 aromatic carbocycles. The molecule has 5 heterocycles. The number of ketones is 1. The van der Waals surface area contributed by atoms with Crippen molar-refractivity contribution in [2.24, 2.45) is 17.8 Å². The van der Waals surface area contributed by atoms with E-state index in [9.17, 15) is 9.59 Å². The van der Waals surface area contributed by atoms with E-state index in [2.05, 4.69) is 25.4 Å². The summed E-state index contributed by atoms with van der Waals surface area (Å²) in [5.74, 6) is -0.392. The molecule has 0 radical (unpaired) electrons. The van der Waals surface area contributed by atoms with Crippen molar-refractivity contribution < 1.29 is 28.2 Å². The van der Waals surface area contributed by atoms with Gasteiger partial charge < -0.3 is 29.7 Å². The Hall–Kier alpha value is -2.44. The summed E-state index contributed by atoms with van der Waals surface area (Å²) in [5.41, 5.74) is 0.666. The van der Waals surface area contributed by atoms with Gasteiger partial charge >= 0.3 is 0 Å². The van der Waals surface area contributed by atoms with Gasteiger partial charge in [-0.2, -0.15) is 0 Å². The number of nitrogens with one attached hydrogen (secondary N) is 2. The Bertz CT molecular complexity index is 1280. The molecule has 4 aliphatic heterocycles. The van der Waals surface area contributed by atoms with Gasteiger partial charge in [-0.25, -0.2) is 4.39 Å². The van der Waals surface area contributed by atoms with Crippen molar-refractivity contribution in [3.8, 4) is 0 Å². The molecule has 3 saturated carbocycles. The lowest BCUT2D eigenvalue weighted by Crippen LogP contribution is -2.73. The number of fused-ring (bicyclic) bond motifs is 5. The molecular formula is C34H46FN5O5. The molecule has 0 spiro atoms. The Balaban J connectivity index is 1.06. The van der Waals surface area contributed by atoms with Crippen molar-refractivity contribution in [2.45, 2.75) is 100 Å². The summed E-state index contributed by atoms with van der Waals surface area (Å²) in [6.45, 7) is 5.01. The second kappa shape index (κ2) is 12.6. The first-order valence-electron chi connectivity index (χ1n) is 17.3. The Morgan fingerprint density at radius 2 is 1.82 bits per heavy atom. The molecule has 1 aromatic heterocycles. The highest BCUT2D eigenvalue weighted by Crippen LogP contribution is 2.52. The highest BCUT2D eigenvalue weighted by atomic mass is 19.1. The van der Waals surface area contributed by atoms with Crippen LogP contribution in [0.25, 0.3) is 0 Å². The number of hydrogen-bond acceptors (Lipinski definition) is 9. The zero-order valence-corrected chi connectivity index (χ0v) is 25.9. The average molecular weight is 624 g/mol. The zero-order chi connectivity index (χ0) is 30.5. The molecule has 7 aliphatic rings. The van der Waals surface area contributed by atoms with Crippen LogP contribution in [0.2, 0.25) is 0 Å². The first-order chi connectivity index (χ1) is 22.0. The lowest BCUT2D eigenvalue weighted by Gasteiger charge is -2.60. The number of ether oxygens (including phenoxy) is 3. The molecule has 0 bridgehead atoms. The third kappa shape index (κ3) is 5.62. The standard InChI is InChI=1S/C34H46FN5O5/c35-25-16-23-31-33(30(25)37-8-3-11-39-12-14-43-15-13-39)45-29-17-22-21-4-1-2-5-27(21)44-28(22)18-26(29)40(31)19-24(32(23)41)34(42)38-20-6-9-36-10-7-20/h6-7,9-10,19,21-23,25-31,33,37H,1-5,8,11-18H2,(H,36,38,42). The topological polar surface area (TPSA) is 105 Å². The SMILES string of the molecule is O=C(Nc1ccncc1)C1=CN2C3CC4OC5CCCCC5C4CC3OC3C(NCCCN4CCOCC4)C(F)CC(C1=O)C32. The second-order valence-electron chi connectivity index (χ2n) is 14.2. The Morgan fingerprint density at radius 1 is 1.00 bits per heavy atom. The molecular weight excluding hydrogens is 577 g/mol. The molecule has 8 rings (SSSR count). The molecule has 1 aromatic rings. The van der Waals surface area contributed by atoms with E-state index in [4.69, 9.17) is 14.2 Å². The van der Waals surface area contributed by atoms with Crippen LogP contribution < -0.4 is 10.6 Å². The van der Waals surface area contributed by atoms with Crippen LogP contribution in [0.15, 0.2) is 36.3 Å². The molecule has 11 heteroatoms. The number of hydrogen-bond donors (Lipinski definition) is 2. The van der Waals surface area contributed by atoms with Gasteiger partial charge in [-0.1, -0.05) is 12.8 Å². The largest absolute Gasteiger partial charge is 0.379 e. The molecule has 11 unspecified atom stereocenters. The number of pyridine rings is 1. The smallest absolute Gasteiger partial charge is 0.260 e. The number of halogens is 1. The number of aromatic nitrogens is 1. The third-order valence-corrected chi connectivity index (χ3v) is 11.8. The predicted octanol–water partition coefficient (Wildman–Crippen LogP) is 2.70. The van der Waals surface area contributed by atoms with E-state index < -0.39 is 30.1 Å². The number of carbonyl (C=O) groups is 2. The Morgan fingerprint density at radius 3 is 2.67 bits per heavy atom. The monoisotopic (exact) mass is 623 g/mol. The van der Waals surface area contributed by atoms with Gasteiger partial charge in [0.25, 0.3) is 5.91 Å². The van der Waals surface area contributed by atoms with Crippen LogP contribution in [0.5, 0.6) is 0 Å². The van der Waals surface area contributed by atoms with E-state index in [1.165, 1.54) is 19.3 Å². The molecule has 244 valence electrons. The molecule has 11 atom stereocenters. The first kappa shape index (κ1) is 29.9. The number of Topliss-reactive ketones (excluding diaryl/α,β-unsaturated/α-hetero) is 1. The molecule has 1 amide bonds. The molecule has 6 fully saturated rings. The maximum atomic E-state index is 16.2. The van der Waals surface area contributed by atoms with Crippen LogP contribution in [-0.2, 0) is 23.8 Å². The summed E-state index contributed by atoms with van der Waals surface area (Å²) >= 11 is 0. The molecule has 10 nitrogen and oxygen atoms in total. The van der Waals surface area contributed by atoms with Crippen molar-refractivity contribution in [3.05, 3.63) is 36.3 Å². The summed E-state index contributed by atoms with van der Waals surface area (Å²) in [4.78, 5) is 36.2. The van der Waals surface area contributed by atoms with E-state index in [1.807, 2.05) is 0 Å². The highest BCUT2D eigenvalue weighted by molar-refractivity contribution is 6.24. The maximum absolute atomic E-state index is 16.2. The highest BCUT2D eigenvalue weighted by Gasteiger charge is 2.61. The van der Waals surface area contributed by atoms with Crippen molar-refractivity contribution in [1.29, 1.82) is 0 Å². The number of alkyl halides is 1. The quantitative estimate of drug-likeness (QED) is 0.351. The van der Waals surface area contributed by atoms with Gasteiger partial charge in [-0.3, -0.25) is 19.5 Å². The van der Waals surface area contributed by atoms with Gasteiger partial charge in [0, 0.05) is 43.3 Å². The number of rotatable bonds is 7. The first-order valence-corrected chi connectivity index (χ1v) is 17.3. The fourth-order valence-electron chi connectivity index (χ4n) is 9.66. The van der Waals surface area contributed by atoms with Gasteiger partial charge in [0.05, 0.1) is 61.3 Å². The average Bonchev–Trinajstić information content (AvgIpc) is 3.42. The second-order valence-corrected chi connectivity index (χ2v) is 14.2. The van der Waals surface area contributed by atoms with E-state index in [1.54, 1.807) is 30.7 Å². The maximum Gasteiger partial charge on any atom is 0.260 e. The van der Waals surface area contributed by atoms with Gasteiger partial charge in [0.1, 0.15) is 6.17 Å². The van der Waals surface area contributed by atoms with E-state index >= 15 is 4.39 Å². The number of morpholine rings is 2. The summed E-state index contributed by atoms with van der Waals surface area (Å²) < 4.78 is 35.3. The lowest BCUT2D eigenvalue weighted by molar-refractivity contribution is -0.209.